The monoisotopic (exact) mass is 320 g/mol. The lowest BCUT2D eigenvalue weighted by molar-refractivity contribution is -0.112. The SMILES string of the molecule is CC1(C)C2=C(OC1CBr)c1ccccc1C(=O)C2=O. The van der Waals surface area contributed by atoms with Crippen LogP contribution in [0.4, 0.5) is 0 Å². The number of Topliss-reactive ketones (excluding diaryl/α,β-unsaturated/α-hetero) is 2. The Morgan fingerprint density at radius 1 is 1.16 bits per heavy atom. The molecule has 3 rings (SSSR count). The molecule has 1 aromatic carbocycles. The maximum Gasteiger partial charge on any atom is 0.234 e. The number of fused-ring (bicyclic) bond motifs is 2. The highest BCUT2D eigenvalue weighted by Crippen LogP contribution is 2.49. The van der Waals surface area contributed by atoms with E-state index in [-0.39, 0.29) is 6.10 Å². The highest BCUT2D eigenvalue weighted by Gasteiger charge is 2.50. The van der Waals surface area contributed by atoms with Crippen LogP contribution in [0.1, 0.15) is 29.8 Å². The summed E-state index contributed by atoms with van der Waals surface area (Å²) in [5.74, 6) is -0.280. The number of benzene rings is 1. The van der Waals surface area contributed by atoms with Gasteiger partial charge in [-0.15, -0.1) is 0 Å². The molecule has 0 amide bonds. The summed E-state index contributed by atoms with van der Waals surface area (Å²) in [5.41, 5.74) is 1.23. The molecule has 0 saturated heterocycles. The number of carbonyl (C=O) groups excluding carboxylic acids is 2. The van der Waals surface area contributed by atoms with E-state index in [0.29, 0.717) is 22.2 Å². The molecule has 4 heteroatoms. The first-order valence-corrected chi connectivity index (χ1v) is 7.26. The minimum Gasteiger partial charge on any atom is -0.488 e. The summed E-state index contributed by atoms with van der Waals surface area (Å²) in [6.45, 7) is 3.89. The molecule has 0 bridgehead atoms. The Morgan fingerprint density at radius 3 is 2.42 bits per heavy atom. The second-order valence-electron chi connectivity index (χ2n) is 5.39. The number of ether oxygens (including phenoxy) is 1. The van der Waals surface area contributed by atoms with Crippen LogP contribution in [0.2, 0.25) is 0 Å². The molecule has 0 fully saturated rings. The highest BCUT2D eigenvalue weighted by atomic mass is 79.9. The van der Waals surface area contributed by atoms with Crippen molar-refractivity contribution in [3.05, 3.63) is 41.0 Å². The van der Waals surface area contributed by atoms with E-state index < -0.39 is 17.0 Å². The lowest BCUT2D eigenvalue weighted by Crippen LogP contribution is -2.34. The molecule has 0 saturated carbocycles. The van der Waals surface area contributed by atoms with Crippen LogP contribution in [0.3, 0.4) is 0 Å². The van der Waals surface area contributed by atoms with E-state index in [2.05, 4.69) is 15.9 Å². The topological polar surface area (TPSA) is 43.4 Å². The Kier molecular flexibility index (Phi) is 2.68. The molecule has 1 aliphatic carbocycles. The van der Waals surface area contributed by atoms with Gasteiger partial charge in [-0.3, -0.25) is 9.59 Å². The van der Waals surface area contributed by atoms with Gasteiger partial charge in [0.05, 0.1) is 5.57 Å². The summed E-state index contributed by atoms with van der Waals surface area (Å²) in [5, 5.41) is 0.622. The van der Waals surface area contributed by atoms with Gasteiger partial charge >= 0.3 is 0 Å². The van der Waals surface area contributed by atoms with E-state index in [1.807, 2.05) is 26.0 Å². The summed E-state index contributed by atoms with van der Waals surface area (Å²) < 4.78 is 5.93. The summed E-state index contributed by atoms with van der Waals surface area (Å²) in [4.78, 5) is 24.5. The van der Waals surface area contributed by atoms with Crippen molar-refractivity contribution in [2.24, 2.45) is 5.41 Å². The van der Waals surface area contributed by atoms with E-state index in [9.17, 15) is 9.59 Å². The summed E-state index contributed by atoms with van der Waals surface area (Å²) in [7, 11) is 0. The Bertz CT molecular complexity index is 628. The van der Waals surface area contributed by atoms with Crippen molar-refractivity contribution in [1.82, 2.24) is 0 Å². The van der Waals surface area contributed by atoms with E-state index in [4.69, 9.17) is 4.74 Å². The number of carbonyl (C=O) groups is 2. The molecule has 1 aliphatic heterocycles. The van der Waals surface area contributed by atoms with Gasteiger partial charge in [0.1, 0.15) is 11.9 Å². The van der Waals surface area contributed by atoms with Crippen LogP contribution in [0, 0.1) is 5.41 Å². The van der Waals surface area contributed by atoms with Gasteiger partial charge in [0.2, 0.25) is 11.6 Å². The first-order valence-electron chi connectivity index (χ1n) is 6.14. The molecule has 1 aromatic rings. The molecule has 3 nitrogen and oxygen atoms in total. The van der Waals surface area contributed by atoms with Gasteiger partial charge in [0.25, 0.3) is 0 Å². The third kappa shape index (κ3) is 1.56. The van der Waals surface area contributed by atoms with Crippen LogP contribution < -0.4 is 0 Å². The minimum absolute atomic E-state index is 0.139. The standard InChI is InChI=1S/C15H13BrO3/c1-15(2)10(7-16)19-14-9-6-4-3-5-8(9)12(17)13(18)11(14)15/h3-6,10H,7H2,1-2H3. The molecule has 2 aliphatic rings. The predicted octanol–water partition coefficient (Wildman–Crippen LogP) is 2.98. The smallest absolute Gasteiger partial charge is 0.234 e. The van der Waals surface area contributed by atoms with Crippen molar-refractivity contribution in [1.29, 1.82) is 0 Å². The van der Waals surface area contributed by atoms with Gasteiger partial charge in [-0.2, -0.15) is 0 Å². The lowest BCUT2D eigenvalue weighted by atomic mass is 9.74. The van der Waals surface area contributed by atoms with E-state index in [1.54, 1.807) is 12.1 Å². The lowest BCUT2D eigenvalue weighted by Gasteiger charge is -2.26. The molecule has 0 spiro atoms. The average Bonchev–Trinajstić information content (AvgIpc) is 2.67. The Hall–Kier alpha value is -1.42. The molecular formula is C15H13BrO3. The van der Waals surface area contributed by atoms with Gasteiger partial charge in [-0.25, -0.2) is 0 Å². The molecule has 1 heterocycles. The summed E-state index contributed by atoms with van der Waals surface area (Å²) >= 11 is 3.41. The Balaban J connectivity index is 2.27. The minimum atomic E-state index is -0.459. The van der Waals surface area contributed by atoms with Gasteiger partial charge in [0.15, 0.2) is 0 Å². The van der Waals surface area contributed by atoms with E-state index >= 15 is 0 Å². The predicted molar refractivity (Wildman–Crippen MR) is 75.1 cm³/mol. The number of alkyl halides is 1. The van der Waals surface area contributed by atoms with Crippen LogP contribution in [0.5, 0.6) is 0 Å². The molecule has 0 N–H and O–H groups in total. The highest BCUT2D eigenvalue weighted by molar-refractivity contribution is 9.09. The third-order valence-corrected chi connectivity index (χ3v) is 4.51. The van der Waals surface area contributed by atoms with Crippen LogP contribution in [-0.2, 0) is 9.53 Å². The molecule has 1 atom stereocenters. The Morgan fingerprint density at radius 2 is 1.79 bits per heavy atom. The quantitative estimate of drug-likeness (QED) is 0.590. The third-order valence-electron chi connectivity index (χ3n) is 3.93. The van der Waals surface area contributed by atoms with Gasteiger partial charge in [0, 0.05) is 21.9 Å². The number of ketones is 2. The molecule has 0 aromatic heterocycles. The first kappa shape index (κ1) is 12.6. The maximum atomic E-state index is 12.3. The molecule has 0 radical (unpaired) electrons. The van der Waals surface area contributed by atoms with Gasteiger partial charge in [-0.1, -0.05) is 54.0 Å². The zero-order chi connectivity index (χ0) is 13.8. The fourth-order valence-corrected chi connectivity index (χ4v) is 3.68. The summed E-state index contributed by atoms with van der Waals surface area (Å²) in [6.07, 6.45) is -0.139. The Labute approximate surface area is 119 Å². The number of hydrogen-bond acceptors (Lipinski definition) is 3. The number of halogens is 1. The van der Waals surface area contributed by atoms with Crippen LogP contribution in [0.15, 0.2) is 29.8 Å². The van der Waals surface area contributed by atoms with Crippen LogP contribution in [0.25, 0.3) is 5.76 Å². The number of hydrogen-bond donors (Lipinski definition) is 0. The second kappa shape index (κ2) is 4.04. The molecule has 98 valence electrons. The summed E-state index contributed by atoms with van der Waals surface area (Å²) in [6, 6.07) is 7.13. The van der Waals surface area contributed by atoms with Crippen LogP contribution in [-0.4, -0.2) is 23.0 Å². The van der Waals surface area contributed by atoms with Crippen LogP contribution >= 0.6 is 15.9 Å². The van der Waals surface area contributed by atoms with Crippen molar-refractivity contribution in [3.8, 4) is 0 Å². The largest absolute Gasteiger partial charge is 0.488 e. The van der Waals surface area contributed by atoms with Crippen molar-refractivity contribution < 1.29 is 14.3 Å². The van der Waals surface area contributed by atoms with Gasteiger partial charge < -0.3 is 4.74 Å². The zero-order valence-electron chi connectivity index (χ0n) is 10.7. The number of rotatable bonds is 1. The second-order valence-corrected chi connectivity index (χ2v) is 6.04. The normalized spacial score (nSPS) is 24.1. The van der Waals surface area contributed by atoms with E-state index in [1.165, 1.54) is 0 Å². The zero-order valence-corrected chi connectivity index (χ0v) is 12.3. The average molecular weight is 321 g/mol. The van der Waals surface area contributed by atoms with E-state index in [0.717, 1.165) is 5.56 Å². The fourth-order valence-electron chi connectivity index (χ4n) is 2.74. The van der Waals surface area contributed by atoms with Crippen molar-refractivity contribution in [2.75, 3.05) is 5.33 Å². The van der Waals surface area contributed by atoms with Crippen molar-refractivity contribution in [3.63, 3.8) is 0 Å². The molecule has 1 unspecified atom stereocenters. The molecule has 19 heavy (non-hydrogen) atoms. The first-order chi connectivity index (χ1) is 8.98. The van der Waals surface area contributed by atoms with Gasteiger partial charge in [-0.05, 0) is 0 Å². The maximum absolute atomic E-state index is 12.3. The van der Waals surface area contributed by atoms with Crippen molar-refractivity contribution in [2.45, 2.75) is 20.0 Å². The molecular weight excluding hydrogens is 308 g/mol. The fraction of sp³-hybridized carbons (Fsp3) is 0.333. The van der Waals surface area contributed by atoms with Crippen molar-refractivity contribution >= 4 is 33.3 Å².